The van der Waals surface area contributed by atoms with E-state index in [-0.39, 0.29) is 11.7 Å². The third kappa shape index (κ3) is 3.88. The first-order valence-electron chi connectivity index (χ1n) is 11.2. The maximum Gasteiger partial charge on any atom is 0.291 e. The number of hydrogen-bond acceptors (Lipinski definition) is 4. The minimum absolute atomic E-state index is 0.257. The van der Waals surface area contributed by atoms with E-state index < -0.39 is 0 Å². The van der Waals surface area contributed by atoms with Crippen LogP contribution in [0.3, 0.4) is 0 Å². The lowest BCUT2D eigenvalue weighted by molar-refractivity contribution is 0.0995. The van der Waals surface area contributed by atoms with Crippen LogP contribution in [0, 0.1) is 0 Å². The van der Waals surface area contributed by atoms with Crippen molar-refractivity contribution in [1.29, 1.82) is 0 Å². The largest absolute Gasteiger partial charge is 0.497 e. The van der Waals surface area contributed by atoms with Gasteiger partial charge >= 0.3 is 0 Å². The van der Waals surface area contributed by atoms with Gasteiger partial charge in [0.05, 0.1) is 14.2 Å². The van der Waals surface area contributed by atoms with Crippen LogP contribution in [-0.2, 0) is 13.0 Å². The number of para-hydroxylation sites is 1. The van der Waals surface area contributed by atoms with E-state index in [1.165, 1.54) is 10.9 Å². The predicted octanol–water partition coefficient (Wildman–Crippen LogP) is 6.27. The van der Waals surface area contributed by atoms with Crippen molar-refractivity contribution in [2.75, 3.05) is 19.5 Å². The fraction of sp³-hybridized carbons (Fsp3) is 0.179. The Morgan fingerprint density at radius 2 is 1.74 bits per heavy atom. The molecular weight excluding hydrogens is 428 g/mol. The Labute approximate surface area is 197 Å². The number of benzene rings is 3. The molecule has 5 aromatic rings. The van der Waals surface area contributed by atoms with E-state index in [0.29, 0.717) is 12.2 Å². The summed E-state index contributed by atoms with van der Waals surface area (Å²) in [6.07, 6.45) is 0.482. The van der Waals surface area contributed by atoms with Gasteiger partial charge in [-0.2, -0.15) is 0 Å². The number of carbonyl (C=O) groups is 1. The van der Waals surface area contributed by atoms with E-state index in [1.807, 2.05) is 48.5 Å². The van der Waals surface area contributed by atoms with E-state index in [0.717, 1.165) is 40.2 Å². The highest BCUT2D eigenvalue weighted by molar-refractivity contribution is 6.10. The molecule has 34 heavy (non-hydrogen) atoms. The van der Waals surface area contributed by atoms with Crippen molar-refractivity contribution in [2.45, 2.75) is 19.9 Å². The molecule has 3 aromatic carbocycles. The molecule has 0 fully saturated rings. The molecule has 0 saturated heterocycles. The average molecular weight is 455 g/mol. The number of aryl methyl sites for hydroxylation is 1. The van der Waals surface area contributed by atoms with Gasteiger partial charge in [-0.1, -0.05) is 18.2 Å². The van der Waals surface area contributed by atoms with Crippen LogP contribution in [0.15, 0.2) is 77.2 Å². The standard InChI is InChI=1S/C28H26N2O4/c1-4-30-24-8-6-5-7-22(24)23-17-19(9-12-25(23)30)29-28(31)27-14-11-21(34-27)16-18-15-20(32-2)10-13-26(18)33-3/h5-15,17H,4,16H2,1-3H3,(H,29,31). The zero-order chi connectivity index (χ0) is 23.7. The summed E-state index contributed by atoms with van der Waals surface area (Å²) in [4.78, 5) is 12.9. The highest BCUT2D eigenvalue weighted by Crippen LogP contribution is 2.31. The lowest BCUT2D eigenvalue weighted by atomic mass is 10.1. The molecule has 0 radical (unpaired) electrons. The van der Waals surface area contributed by atoms with Gasteiger partial charge < -0.3 is 23.8 Å². The van der Waals surface area contributed by atoms with Crippen LogP contribution in [0.1, 0.15) is 28.8 Å². The highest BCUT2D eigenvalue weighted by Gasteiger charge is 2.15. The molecule has 5 rings (SSSR count). The smallest absolute Gasteiger partial charge is 0.291 e. The topological polar surface area (TPSA) is 65.6 Å². The molecule has 0 spiro atoms. The summed E-state index contributed by atoms with van der Waals surface area (Å²) in [5.41, 5.74) is 3.98. The number of anilines is 1. The molecule has 6 heteroatoms. The van der Waals surface area contributed by atoms with Crippen molar-refractivity contribution in [3.8, 4) is 11.5 Å². The lowest BCUT2D eigenvalue weighted by Gasteiger charge is -2.09. The van der Waals surface area contributed by atoms with Crippen LogP contribution in [0.25, 0.3) is 21.8 Å². The number of methoxy groups -OCH3 is 2. The SMILES string of the molecule is CCn1c2ccccc2c2cc(NC(=O)c3ccc(Cc4cc(OC)ccc4OC)o3)ccc21. The monoisotopic (exact) mass is 454 g/mol. The van der Waals surface area contributed by atoms with Gasteiger partial charge in [-0.25, -0.2) is 0 Å². The first-order chi connectivity index (χ1) is 16.6. The quantitative estimate of drug-likeness (QED) is 0.315. The maximum absolute atomic E-state index is 12.9. The molecular formula is C28H26N2O4. The summed E-state index contributed by atoms with van der Waals surface area (Å²) in [5, 5.41) is 5.25. The Balaban J connectivity index is 1.38. The van der Waals surface area contributed by atoms with Crippen molar-refractivity contribution in [2.24, 2.45) is 0 Å². The van der Waals surface area contributed by atoms with E-state index in [2.05, 4.69) is 35.0 Å². The minimum atomic E-state index is -0.289. The molecule has 0 atom stereocenters. The maximum atomic E-state index is 12.9. The number of rotatable bonds is 7. The Morgan fingerprint density at radius 3 is 2.53 bits per heavy atom. The number of hydrogen-bond donors (Lipinski definition) is 1. The molecule has 2 heterocycles. The fourth-order valence-electron chi connectivity index (χ4n) is 4.47. The Bertz CT molecular complexity index is 1500. The van der Waals surface area contributed by atoms with E-state index in [9.17, 15) is 4.79 Å². The van der Waals surface area contributed by atoms with Crippen LogP contribution in [-0.4, -0.2) is 24.7 Å². The lowest BCUT2D eigenvalue weighted by Crippen LogP contribution is -2.10. The first kappa shape index (κ1) is 21.6. The van der Waals surface area contributed by atoms with Crippen LogP contribution >= 0.6 is 0 Å². The molecule has 0 bridgehead atoms. The average Bonchev–Trinajstić information content (AvgIpc) is 3.46. The summed E-state index contributed by atoms with van der Waals surface area (Å²) in [6.45, 7) is 3.01. The molecule has 0 aliphatic rings. The second-order valence-corrected chi connectivity index (χ2v) is 8.07. The van der Waals surface area contributed by atoms with Crippen molar-refractivity contribution < 1.29 is 18.7 Å². The first-order valence-corrected chi connectivity index (χ1v) is 11.2. The summed E-state index contributed by atoms with van der Waals surface area (Å²) in [6, 6.07) is 23.4. The summed E-state index contributed by atoms with van der Waals surface area (Å²) >= 11 is 0. The van der Waals surface area contributed by atoms with Crippen molar-refractivity contribution in [3.05, 3.63) is 89.9 Å². The molecule has 0 unspecified atom stereocenters. The molecule has 2 aromatic heterocycles. The molecule has 6 nitrogen and oxygen atoms in total. The summed E-state index contributed by atoms with van der Waals surface area (Å²) in [5.74, 6) is 2.11. The number of nitrogens with zero attached hydrogens (tertiary/aromatic N) is 1. The van der Waals surface area contributed by atoms with Gasteiger partial charge in [0.25, 0.3) is 5.91 Å². The second-order valence-electron chi connectivity index (χ2n) is 8.07. The zero-order valence-electron chi connectivity index (χ0n) is 19.4. The minimum Gasteiger partial charge on any atom is -0.497 e. The Kier molecular flexibility index (Phi) is 5.72. The summed E-state index contributed by atoms with van der Waals surface area (Å²) < 4.78 is 18.9. The van der Waals surface area contributed by atoms with E-state index in [1.54, 1.807) is 20.3 Å². The Hall–Kier alpha value is -4.19. The number of fused-ring (bicyclic) bond motifs is 3. The number of carbonyl (C=O) groups excluding carboxylic acids is 1. The fourth-order valence-corrected chi connectivity index (χ4v) is 4.47. The second kappa shape index (κ2) is 8.98. The van der Waals surface area contributed by atoms with Gasteiger partial charge in [-0.3, -0.25) is 4.79 Å². The normalized spacial score (nSPS) is 11.1. The molecule has 0 aliphatic carbocycles. The van der Waals surface area contributed by atoms with Gasteiger partial charge in [0.15, 0.2) is 5.76 Å². The van der Waals surface area contributed by atoms with E-state index in [4.69, 9.17) is 13.9 Å². The number of ether oxygens (including phenoxy) is 2. The van der Waals surface area contributed by atoms with Gasteiger partial charge in [-0.15, -0.1) is 0 Å². The van der Waals surface area contributed by atoms with Crippen LogP contribution in [0.5, 0.6) is 11.5 Å². The van der Waals surface area contributed by atoms with Crippen LogP contribution < -0.4 is 14.8 Å². The van der Waals surface area contributed by atoms with Gasteiger partial charge in [0, 0.05) is 46.0 Å². The number of nitrogens with one attached hydrogen (secondary N) is 1. The Morgan fingerprint density at radius 1 is 0.912 bits per heavy atom. The van der Waals surface area contributed by atoms with Crippen LogP contribution in [0.2, 0.25) is 0 Å². The molecule has 0 saturated carbocycles. The summed E-state index contributed by atoms with van der Waals surface area (Å²) in [7, 11) is 3.25. The molecule has 172 valence electrons. The number of amides is 1. The van der Waals surface area contributed by atoms with Gasteiger partial charge in [0.1, 0.15) is 17.3 Å². The third-order valence-corrected chi connectivity index (χ3v) is 6.08. The van der Waals surface area contributed by atoms with Crippen LogP contribution in [0.4, 0.5) is 5.69 Å². The number of furan rings is 1. The van der Waals surface area contributed by atoms with Gasteiger partial charge in [0.2, 0.25) is 0 Å². The number of aromatic nitrogens is 1. The van der Waals surface area contributed by atoms with E-state index >= 15 is 0 Å². The molecule has 1 amide bonds. The van der Waals surface area contributed by atoms with Gasteiger partial charge in [-0.05, 0) is 61.5 Å². The zero-order valence-corrected chi connectivity index (χ0v) is 19.4. The van der Waals surface area contributed by atoms with Crippen molar-refractivity contribution in [1.82, 2.24) is 4.57 Å². The van der Waals surface area contributed by atoms with Crippen molar-refractivity contribution >= 4 is 33.4 Å². The molecule has 1 N–H and O–H groups in total. The highest BCUT2D eigenvalue weighted by atomic mass is 16.5. The predicted molar refractivity (Wildman–Crippen MR) is 134 cm³/mol. The molecule has 0 aliphatic heterocycles. The van der Waals surface area contributed by atoms with Crippen molar-refractivity contribution in [3.63, 3.8) is 0 Å². The third-order valence-electron chi connectivity index (χ3n) is 6.08.